The van der Waals surface area contributed by atoms with Crippen LogP contribution in [0.5, 0.6) is 11.5 Å². The number of hydrogen-bond donors (Lipinski definition) is 2. The highest BCUT2D eigenvalue weighted by atomic mass is 32.1. The molecule has 1 aromatic rings. The van der Waals surface area contributed by atoms with E-state index in [-0.39, 0.29) is 10.9 Å². The minimum absolute atomic E-state index is 0.188. The van der Waals surface area contributed by atoms with Crippen molar-refractivity contribution in [3.8, 4) is 11.5 Å². The summed E-state index contributed by atoms with van der Waals surface area (Å²) >= 11 is 5.11. The molecule has 3 N–H and O–H groups in total. The first kappa shape index (κ1) is 13.8. The van der Waals surface area contributed by atoms with Crippen molar-refractivity contribution in [3.05, 3.63) is 23.3 Å². The van der Waals surface area contributed by atoms with E-state index in [4.69, 9.17) is 27.4 Å². The summed E-state index contributed by atoms with van der Waals surface area (Å²) in [5, 5.41) is 3.21. The molecular weight excluding hydrogens is 264 g/mol. The van der Waals surface area contributed by atoms with Crippen LogP contribution in [0.3, 0.4) is 0 Å². The number of thiocarbonyl (C=S) groups is 1. The Morgan fingerprint density at radius 2 is 2.00 bits per heavy atom. The summed E-state index contributed by atoms with van der Waals surface area (Å²) in [6.45, 7) is 0.737. The summed E-state index contributed by atoms with van der Waals surface area (Å²) in [5.41, 5.74) is 7.29. The van der Waals surface area contributed by atoms with Gasteiger partial charge in [-0.15, -0.1) is 0 Å². The van der Waals surface area contributed by atoms with E-state index in [1.165, 1.54) is 0 Å². The SMILES string of the molecule is COc1cc2c(cc1OC)C(C(=S)C(N)=O)NCC2. The maximum atomic E-state index is 11.3. The summed E-state index contributed by atoms with van der Waals surface area (Å²) in [6.07, 6.45) is 0.841. The van der Waals surface area contributed by atoms with Crippen LogP contribution in [-0.4, -0.2) is 31.5 Å². The second-order valence-electron chi connectivity index (χ2n) is 4.27. The van der Waals surface area contributed by atoms with Crippen LogP contribution in [0.2, 0.25) is 0 Å². The van der Waals surface area contributed by atoms with Crippen LogP contribution in [0, 0.1) is 0 Å². The van der Waals surface area contributed by atoms with Gasteiger partial charge in [0, 0.05) is 6.54 Å². The Morgan fingerprint density at radius 1 is 1.37 bits per heavy atom. The largest absolute Gasteiger partial charge is 0.493 e. The van der Waals surface area contributed by atoms with Crippen molar-refractivity contribution in [3.63, 3.8) is 0 Å². The Kier molecular flexibility index (Phi) is 4.01. The summed E-state index contributed by atoms with van der Waals surface area (Å²) in [4.78, 5) is 11.5. The molecule has 1 aliphatic rings. The van der Waals surface area contributed by atoms with Gasteiger partial charge >= 0.3 is 0 Å². The fourth-order valence-electron chi connectivity index (χ4n) is 2.26. The monoisotopic (exact) mass is 280 g/mol. The molecule has 0 saturated carbocycles. The van der Waals surface area contributed by atoms with Crippen LogP contribution in [0.25, 0.3) is 0 Å². The smallest absolute Gasteiger partial charge is 0.257 e. The molecule has 1 amide bonds. The van der Waals surface area contributed by atoms with Gasteiger partial charge in [-0.3, -0.25) is 4.79 Å². The molecule has 0 bridgehead atoms. The van der Waals surface area contributed by atoms with Crippen LogP contribution >= 0.6 is 12.2 Å². The fourth-order valence-corrected chi connectivity index (χ4v) is 2.47. The van der Waals surface area contributed by atoms with E-state index in [0.717, 1.165) is 24.1 Å². The van der Waals surface area contributed by atoms with Gasteiger partial charge in [-0.1, -0.05) is 12.2 Å². The standard InChI is InChI=1S/C13H16N2O3S/c1-17-9-5-7-3-4-15-11(12(19)13(14)16)8(7)6-10(9)18-2/h5-6,11,15H,3-4H2,1-2H3,(H2,14,16). The molecule has 6 heteroatoms. The Morgan fingerprint density at radius 3 is 2.58 bits per heavy atom. The minimum atomic E-state index is -0.574. The second-order valence-corrected chi connectivity index (χ2v) is 4.71. The molecule has 1 heterocycles. The van der Waals surface area contributed by atoms with Crippen molar-refractivity contribution in [1.29, 1.82) is 0 Å². The third-order valence-electron chi connectivity index (χ3n) is 3.20. The third-order valence-corrected chi connectivity index (χ3v) is 3.64. The number of carbonyl (C=O) groups is 1. The first-order chi connectivity index (χ1) is 9.08. The number of methoxy groups -OCH3 is 2. The van der Waals surface area contributed by atoms with Crippen molar-refractivity contribution in [2.24, 2.45) is 5.73 Å². The zero-order valence-corrected chi connectivity index (χ0v) is 11.7. The molecule has 1 atom stereocenters. The van der Waals surface area contributed by atoms with Gasteiger partial charge in [0.15, 0.2) is 11.5 Å². The lowest BCUT2D eigenvalue weighted by molar-refractivity contribution is -0.112. The molecule has 5 nitrogen and oxygen atoms in total. The number of nitrogens with two attached hydrogens (primary N) is 1. The summed E-state index contributed by atoms with van der Waals surface area (Å²) in [6, 6.07) is 3.43. The average Bonchev–Trinajstić information content (AvgIpc) is 2.44. The zero-order chi connectivity index (χ0) is 14.0. The fraction of sp³-hybridized carbons (Fsp3) is 0.385. The van der Waals surface area contributed by atoms with E-state index in [9.17, 15) is 4.79 Å². The van der Waals surface area contributed by atoms with Gasteiger partial charge in [-0.25, -0.2) is 0 Å². The van der Waals surface area contributed by atoms with Crippen LogP contribution in [0.4, 0.5) is 0 Å². The molecule has 0 saturated heterocycles. The number of primary amides is 1. The molecule has 0 spiro atoms. The van der Waals surface area contributed by atoms with Gasteiger partial charge in [-0.2, -0.15) is 0 Å². The maximum absolute atomic E-state index is 11.3. The molecule has 0 aromatic heterocycles. The van der Waals surface area contributed by atoms with Crippen molar-refractivity contribution >= 4 is 23.0 Å². The molecule has 0 radical (unpaired) electrons. The maximum Gasteiger partial charge on any atom is 0.257 e. The number of fused-ring (bicyclic) bond motifs is 1. The Balaban J connectivity index is 2.49. The third kappa shape index (κ3) is 2.54. The number of ether oxygens (including phenoxy) is 2. The predicted molar refractivity (Wildman–Crippen MR) is 75.8 cm³/mol. The Bertz CT molecular complexity index is 531. The van der Waals surface area contributed by atoms with Gasteiger partial charge < -0.3 is 20.5 Å². The van der Waals surface area contributed by atoms with Gasteiger partial charge in [0.2, 0.25) is 0 Å². The molecule has 1 unspecified atom stereocenters. The molecular formula is C13H16N2O3S. The normalized spacial score (nSPS) is 17.5. The molecule has 0 fully saturated rings. The number of amides is 1. The van der Waals surface area contributed by atoms with Crippen LogP contribution in [0.15, 0.2) is 12.1 Å². The molecule has 19 heavy (non-hydrogen) atoms. The number of hydrogen-bond acceptors (Lipinski definition) is 5. The van der Waals surface area contributed by atoms with Crippen LogP contribution in [-0.2, 0) is 11.2 Å². The molecule has 0 aliphatic carbocycles. The Labute approximate surface area is 117 Å². The van der Waals surface area contributed by atoms with Crippen LogP contribution in [0.1, 0.15) is 17.2 Å². The molecule has 102 valence electrons. The number of rotatable bonds is 4. The highest BCUT2D eigenvalue weighted by Gasteiger charge is 2.27. The van der Waals surface area contributed by atoms with Crippen molar-refractivity contribution in [2.45, 2.75) is 12.5 Å². The molecule has 1 aliphatic heterocycles. The van der Waals surface area contributed by atoms with E-state index < -0.39 is 5.91 Å². The lowest BCUT2D eigenvalue weighted by Crippen LogP contribution is -2.39. The number of carbonyl (C=O) groups excluding carboxylic acids is 1. The van der Waals surface area contributed by atoms with Gasteiger partial charge in [-0.05, 0) is 29.7 Å². The summed E-state index contributed by atoms with van der Waals surface area (Å²) in [5.74, 6) is 0.712. The van der Waals surface area contributed by atoms with Gasteiger partial charge in [0.05, 0.1) is 20.3 Å². The zero-order valence-electron chi connectivity index (χ0n) is 10.9. The van der Waals surface area contributed by atoms with E-state index in [2.05, 4.69) is 5.32 Å². The topological polar surface area (TPSA) is 73.6 Å². The second kappa shape index (κ2) is 5.54. The number of benzene rings is 1. The van der Waals surface area contributed by atoms with Crippen LogP contribution < -0.4 is 20.5 Å². The quantitative estimate of drug-likeness (QED) is 0.796. The van der Waals surface area contributed by atoms with E-state index in [1.807, 2.05) is 12.1 Å². The highest BCUT2D eigenvalue weighted by Crippen LogP contribution is 2.35. The van der Waals surface area contributed by atoms with Gasteiger partial charge in [0.1, 0.15) is 4.86 Å². The van der Waals surface area contributed by atoms with E-state index in [0.29, 0.717) is 11.5 Å². The van der Waals surface area contributed by atoms with Gasteiger partial charge in [0.25, 0.3) is 5.91 Å². The number of nitrogens with one attached hydrogen (secondary N) is 1. The Hall–Kier alpha value is -1.66. The van der Waals surface area contributed by atoms with E-state index >= 15 is 0 Å². The van der Waals surface area contributed by atoms with E-state index in [1.54, 1.807) is 14.2 Å². The minimum Gasteiger partial charge on any atom is -0.493 e. The predicted octanol–water partition coefficient (Wildman–Crippen LogP) is 0.746. The first-order valence-electron chi connectivity index (χ1n) is 5.90. The lowest BCUT2D eigenvalue weighted by Gasteiger charge is -2.27. The lowest BCUT2D eigenvalue weighted by atomic mass is 9.91. The van der Waals surface area contributed by atoms with Crippen molar-refractivity contribution < 1.29 is 14.3 Å². The average molecular weight is 280 g/mol. The summed E-state index contributed by atoms with van der Waals surface area (Å²) in [7, 11) is 3.17. The molecule has 1 aromatic carbocycles. The molecule has 2 rings (SSSR count). The summed E-state index contributed by atoms with van der Waals surface area (Å²) < 4.78 is 10.6. The van der Waals surface area contributed by atoms with Crippen molar-refractivity contribution in [1.82, 2.24) is 5.32 Å². The van der Waals surface area contributed by atoms with Crippen molar-refractivity contribution in [2.75, 3.05) is 20.8 Å². The highest BCUT2D eigenvalue weighted by molar-refractivity contribution is 7.82. The first-order valence-corrected chi connectivity index (χ1v) is 6.31.